The van der Waals surface area contributed by atoms with Crippen LogP contribution in [0.5, 0.6) is 0 Å². The molecule has 0 fully saturated rings. The fraction of sp³-hybridized carbons (Fsp3) is 0.316. The summed E-state index contributed by atoms with van der Waals surface area (Å²) < 4.78 is 3.75. The van der Waals surface area contributed by atoms with Crippen molar-refractivity contribution in [1.29, 1.82) is 0 Å². The van der Waals surface area contributed by atoms with E-state index in [4.69, 9.17) is 0 Å². The molecule has 0 saturated heterocycles. The molecule has 6 heteroatoms. The van der Waals surface area contributed by atoms with Crippen molar-refractivity contribution < 1.29 is 4.79 Å². The Bertz CT molecular complexity index is 906. The van der Waals surface area contributed by atoms with Gasteiger partial charge in [0.2, 0.25) is 0 Å². The van der Waals surface area contributed by atoms with E-state index in [1.807, 2.05) is 62.8 Å². The maximum Gasteiger partial charge on any atom is 0.251 e. The van der Waals surface area contributed by atoms with Crippen LogP contribution in [0.3, 0.4) is 0 Å². The predicted molar refractivity (Wildman–Crippen MR) is 96.4 cm³/mol. The van der Waals surface area contributed by atoms with Crippen molar-refractivity contribution in [2.24, 2.45) is 7.05 Å². The zero-order valence-corrected chi connectivity index (χ0v) is 15.1. The lowest BCUT2D eigenvalue weighted by molar-refractivity contribution is 0.0950. The van der Waals surface area contributed by atoms with E-state index >= 15 is 0 Å². The highest BCUT2D eigenvalue weighted by Gasteiger charge is 2.10. The fourth-order valence-electron chi connectivity index (χ4n) is 2.81. The third-order valence-corrected chi connectivity index (χ3v) is 4.40. The van der Waals surface area contributed by atoms with E-state index in [-0.39, 0.29) is 5.91 Å². The lowest BCUT2D eigenvalue weighted by Gasteiger charge is -2.08. The van der Waals surface area contributed by atoms with Crippen LogP contribution < -0.4 is 5.32 Å². The third kappa shape index (κ3) is 3.79. The molecule has 0 aliphatic carbocycles. The number of hydrogen-bond donors (Lipinski definition) is 1. The summed E-state index contributed by atoms with van der Waals surface area (Å²) in [5.74, 6) is -0.0847. The van der Waals surface area contributed by atoms with Crippen molar-refractivity contribution in [3.8, 4) is 0 Å². The van der Waals surface area contributed by atoms with Crippen molar-refractivity contribution in [2.45, 2.75) is 33.9 Å². The smallest absolute Gasteiger partial charge is 0.251 e. The van der Waals surface area contributed by atoms with E-state index in [1.165, 1.54) is 0 Å². The SMILES string of the molecule is Cc1cc(C)n(Cc2cccc(C(=O)NCc3cnn(C)c3C)c2)n1. The molecule has 130 valence electrons. The number of rotatable bonds is 5. The van der Waals surface area contributed by atoms with E-state index < -0.39 is 0 Å². The molecule has 0 bridgehead atoms. The zero-order valence-electron chi connectivity index (χ0n) is 15.1. The molecule has 3 rings (SSSR count). The highest BCUT2D eigenvalue weighted by molar-refractivity contribution is 5.94. The molecule has 25 heavy (non-hydrogen) atoms. The number of nitrogens with zero attached hydrogens (tertiary/aromatic N) is 4. The highest BCUT2D eigenvalue weighted by atomic mass is 16.1. The monoisotopic (exact) mass is 337 g/mol. The summed E-state index contributed by atoms with van der Waals surface area (Å²) in [7, 11) is 1.89. The number of hydrogen-bond acceptors (Lipinski definition) is 3. The second-order valence-corrected chi connectivity index (χ2v) is 6.35. The summed E-state index contributed by atoms with van der Waals surface area (Å²) in [4.78, 5) is 12.5. The minimum atomic E-state index is -0.0847. The summed E-state index contributed by atoms with van der Waals surface area (Å²) >= 11 is 0. The van der Waals surface area contributed by atoms with Gasteiger partial charge in [-0.3, -0.25) is 14.2 Å². The van der Waals surface area contributed by atoms with Crippen LogP contribution in [0, 0.1) is 20.8 Å². The third-order valence-electron chi connectivity index (χ3n) is 4.40. The van der Waals surface area contributed by atoms with E-state index in [9.17, 15) is 4.79 Å². The Morgan fingerprint density at radius 1 is 1.20 bits per heavy atom. The van der Waals surface area contributed by atoms with Crippen molar-refractivity contribution in [3.63, 3.8) is 0 Å². The summed E-state index contributed by atoms with van der Waals surface area (Å²) in [6, 6.07) is 9.72. The number of benzene rings is 1. The molecule has 2 aromatic heterocycles. The van der Waals surface area contributed by atoms with E-state index in [1.54, 1.807) is 10.9 Å². The van der Waals surface area contributed by atoms with Crippen molar-refractivity contribution in [2.75, 3.05) is 0 Å². The summed E-state index contributed by atoms with van der Waals surface area (Å²) in [6.45, 7) is 7.13. The van der Waals surface area contributed by atoms with Crippen molar-refractivity contribution in [3.05, 3.63) is 70.3 Å². The molecule has 0 spiro atoms. The van der Waals surface area contributed by atoms with Crippen LogP contribution in [0.15, 0.2) is 36.5 Å². The first-order valence-corrected chi connectivity index (χ1v) is 8.29. The van der Waals surface area contributed by atoms with Crippen molar-refractivity contribution >= 4 is 5.91 Å². The van der Waals surface area contributed by atoms with Crippen LogP contribution >= 0.6 is 0 Å². The molecule has 1 amide bonds. The van der Waals surface area contributed by atoms with Gasteiger partial charge in [0.1, 0.15) is 0 Å². The number of aromatic nitrogens is 4. The Morgan fingerprint density at radius 2 is 2.00 bits per heavy atom. The Morgan fingerprint density at radius 3 is 2.64 bits per heavy atom. The predicted octanol–water partition coefficient (Wildman–Crippen LogP) is 2.52. The van der Waals surface area contributed by atoms with Gasteiger partial charge in [0.25, 0.3) is 5.91 Å². The van der Waals surface area contributed by atoms with Gasteiger partial charge in [-0.25, -0.2) is 0 Å². The van der Waals surface area contributed by atoms with Gasteiger partial charge in [-0.05, 0) is 44.5 Å². The minimum absolute atomic E-state index is 0.0847. The first-order valence-electron chi connectivity index (χ1n) is 8.29. The van der Waals surface area contributed by atoms with Crippen LogP contribution in [0.4, 0.5) is 0 Å². The van der Waals surface area contributed by atoms with Crippen molar-refractivity contribution in [1.82, 2.24) is 24.9 Å². The maximum absolute atomic E-state index is 12.5. The molecule has 3 aromatic rings. The van der Waals surface area contributed by atoms with Crippen LogP contribution in [0.1, 0.15) is 38.6 Å². The molecule has 2 heterocycles. The molecule has 0 radical (unpaired) electrons. The maximum atomic E-state index is 12.5. The molecule has 1 aromatic carbocycles. The van der Waals surface area contributed by atoms with Gasteiger partial charge in [-0.2, -0.15) is 10.2 Å². The van der Waals surface area contributed by atoms with E-state index in [0.29, 0.717) is 18.7 Å². The molecule has 0 atom stereocenters. The van der Waals surface area contributed by atoms with Crippen LogP contribution in [-0.2, 0) is 20.1 Å². The molecule has 6 nitrogen and oxygen atoms in total. The number of carbonyl (C=O) groups is 1. The number of amides is 1. The summed E-state index contributed by atoms with van der Waals surface area (Å²) in [6.07, 6.45) is 1.79. The summed E-state index contributed by atoms with van der Waals surface area (Å²) in [5.41, 5.74) is 5.89. The van der Waals surface area contributed by atoms with Crippen LogP contribution in [0.2, 0.25) is 0 Å². The second-order valence-electron chi connectivity index (χ2n) is 6.35. The molecule has 0 unspecified atom stereocenters. The lowest BCUT2D eigenvalue weighted by atomic mass is 10.1. The standard InChI is InChI=1S/C19H23N5O/c1-13-8-14(2)24(22-13)12-16-6-5-7-17(9-16)19(25)20-10-18-11-21-23(4)15(18)3/h5-9,11H,10,12H2,1-4H3,(H,20,25). The van der Waals surface area contributed by atoms with E-state index in [0.717, 1.165) is 28.2 Å². The quantitative estimate of drug-likeness (QED) is 0.778. The highest BCUT2D eigenvalue weighted by Crippen LogP contribution is 2.11. The second kappa shape index (κ2) is 6.93. The number of nitrogens with one attached hydrogen (secondary N) is 1. The van der Waals surface area contributed by atoms with Gasteiger partial charge in [0.05, 0.1) is 18.4 Å². The normalized spacial score (nSPS) is 10.9. The Hall–Kier alpha value is -2.89. The van der Waals surface area contributed by atoms with Gasteiger partial charge in [0.15, 0.2) is 0 Å². The van der Waals surface area contributed by atoms with Gasteiger partial charge in [0, 0.05) is 36.1 Å². The molecule has 1 N–H and O–H groups in total. The van der Waals surface area contributed by atoms with Crippen LogP contribution in [-0.4, -0.2) is 25.5 Å². The van der Waals surface area contributed by atoms with Crippen LogP contribution in [0.25, 0.3) is 0 Å². The average Bonchev–Trinajstić information content (AvgIpc) is 3.07. The molecule has 0 aliphatic heterocycles. The summed E-state index contributed by atoms with van der Waals surface area (Å²) in [5, 5.41) is 11.6. The molecule has 0 aliphatic rings. The van der Waals surface area contributed by atoms with Gasteiger partial charge < -0.3 is 5.32 Å². The van der Waals surface area contributed by atoms with Gasteiger partial charge in [-0.1, -0.05) is 12.1 Å². The molecular formula is C19H23N5O. The molecular weight excluding hydrogens is 314 g/mol. The fourth-order valence-corrected chi connectivity index (χ4v) is 2.81. The first kappa shape index (κ1) is 17.0. The Kier molecular flexibility index (Phi) is 4.70. The molecule has 0 saturated carbocycles. The van der Waals surface area contributed by atoms with Gasteiger partial charge in [-0.15, -0.1) is 0 Å². The first-order chi connectivity index (χ1) is 11.9. The lowest BCUT2D eigenvalue weighted by Crippen LogP contribution is -2.23. The Labute approximate surface area is 147 Å². The average molecular weight is 337 g/mol. The number of carbonyl (C=O) groups excluding carboxylic acids is 1. The Balaban J connectivity index is 1.69. The zero-order chi connectivity index (χ0) is 18.0. The van der Waals surface area contributed by atoms with Gasteiger partial charge >= 0.3 is 0 Å². The largest absolute Gasteiger partial charge is 0.348 e. The van der Waals surface area contributed by atoms with E-state index in [2.05, 4.69) is 15.5 Å². The number of aryl methyl sites for hydroxylation is 3. The topological polar surface area (TPSA) is 64.7 Å². The minimum Gasteiger partial charge on any atom is -0.348 e.